The maximum absolute atomic E-state index is 10.8. The van der Waals surface area contributed by atoms with Crippen LogP contribution < -0.4 is 0 Å². The van der Waals surface area contributed by atoms with Crippen LogP contribution in [0.1, 0.15) is 97.0 Å². The number of benzene rings is 2. The molecule has 0 spiro atoms. The number of aldehydes is 1. The molecule has 1 saturated heterocycles. The predicted octanol–water partition coefficient (Wildman–Crippen LogP) is 6.79. The van der Waals surface area contributed by atoms with Crippen molar-refractivity contribution >= 4 is 6.29 Å². The smallest absolute Gasteiger partial charge is 0.183 e. The molecule has 2 aliphatic rings. The maximum atomic E-state index is 10.8. The zero-order valence-corrected chi connectivity index (χ0v) is 18.1. The van der Waals surface area contributed by atoms with Crippen LogP contribution >= 0.6 is 0 Å². The van der Waals surface area contributed by atoms with E-state index in [4.69, 9.17) is 9.47 Å². The van der Waals surface area contributed by atoms with E-state index in [1.54, 1.807) is 12.1 Å². The van der Waals surface area contributed by atoms with Crippen molar-refractivity contribution in [3.63, 3.8) is 0 Å². The van der Waals surface area contributed by atoms with Crippen LogP contribution in [-0.2, 0) is 9.47 Å². The molecule has 2 aromatic carbocycles. The minimum Gasteiger partial charge on any atom is -0.348 e. The van der Waals surface area contributed by atoms with Crippen LogP contribution in [0.25, 0.3) is 0 Å². The van der Waals surface area contributed by atoms with E-state index in [-0.39, 0.29) is 12.2 Å². The highest BCUT2D eigenvalue weighted by atomic mass is 16.7. The molecule has 0 unspecified atom stereocenters. The van der Waals surface area contributed by atoms with Crippen LogP contribution in [0.3, 0.4) is 0 Å². The second-order valence-corrected chi connectivity index (χ2v) is 9.01. The molecule has 2 aromatic rings. The summed E-state index contributed by atoms with van der Waals surface area (Å²) < 4.78 is 12.0. The lowest BCUT2D eigenvalue weighted by molar-refractivity contribution is -0.191. The van der Waals surface area contributed by atoms with Crippen molar-refractivity contribution in [2.24, 2.45) is 5.92 Å². The topological polar surface area (TPSA) is 35.5 Å². The van der Waals surface area contributed by atoms with Crippen LogP contribution in [-0.4, -0.2) is 19.5 Å². The predicted molar refractivity (Wildman–Crippen MR) is 120 cm³/mol. The van der Waals surface area contributed by atoms with Crippen LogP contribution in [0, 0.1) is 5.92 Å². The number of rotatable bonds is 7. The van der Waals surface area contributed by atoms with Gasteiger partial charge in [0.25, 0.3) is 0 Å². The van der Waals surface area contributed by atoms with E-state index >= 15 is 0 Å². The standard InChI is InChI=1S/C27H34O3/c1-2-3-4-20-5-9-22(10-6-20)23-13-15-24(16-14-23)26-18-29-27(30-19-26)25-11-7-21(17-28)8-12-25/h7-8,11-17,20,22,26-27H,2-6,9-10,18-19H2,1H3. The molecule has 30 heavy (non-hydrogen) atoms. The normalized spacial score (nSPS) is 27.0. The average Bonchev–Trinajstić information content (AvgIpc) is 2.83. The molecule has 0 amide bonds. The van der Waals surface area contributed by atoms with Gasteiger partial charge < -0.3 is 9.47 Å². The number of unbranched alkanes of at least 4 members (excludes halogenated alkanes) is 1. The van der Waals surface area contributed by atoms with Crippen LogP contribution in [0.4, 0.5) is 0 Å². The molecule has 0 aromatic heterocycles. The lowest BCUT2D eigenvalue weighted by atomic mass is 9.77. The Hall–Kier alpha value is -1.97. The first-order valence-electron chi connectivity index (χ1n) is 11.6. The lowest BCUT2D eigenvalue weighted by Gasteiger charge is -2.31. The summed E-state index contributed by atoms with van der Waals surface area (Å²) in [7, 11) is 0. The minimum absolute atomic E-state index is 0.273. The van der Waals surface area contributed by atoms with Crippen molar-refractivity contribution in [1.29, 1.82) is 0 Å². The summed E-state index contributed by atoms with van der Waals surface area (Å²) in [6, 6.07) is 16.6. The van der Waals surface area contributed by atoms with Crippen molar-refractivity contribution in [3.8, 4) is 0 Å². The largest absolute Gasteiger partial charge is 0.348 e. The van der Waals surface area contributed by atoms with Gasteiger partial charge in [-0.25, -0.2) is 0 Å². The maximum Gasteiger partial charge on any atom is 0.183 e. The Labute approximate surface area is 180 Å². The fraction of sp³-hybridized carbons (Fsp3) is 0.519. The third-order valence-electron chi connectivity index (χ3n) is 6.93. The van der Waals surface area contributed by atoms with Gasteiger partial charge in [-0.15, -0.1) is 0 Å². The molecule has 1 aliphatic heterocycles. The zero-order valence-electron chi connectivity index (χ0n) is 18.1. The highest BCUT2D eigenvalue weighted by molar-refractivity contribution is 5.74. The minimum atomic E-state index is -0.343. The van der Waals surface area contributed by atoms with E-state index in [0.29, 0.717) is 18.8 Å². The Morgan fingerprint density at radius 1 is 0.800 bits per heavy atom. The molecule has 0 radical (unpaired) electrons. The fourth-order valence-electron chi connectivity index (χ4n) is 4.94. The van der Waals surface area contributed by atoms with E-state index in [9.17, 15) is 4.79 Å². The van der Waals surface area contributed by atoms with Crippen LogP contribution in [0.5, 0.6) is 0 Å². The Balaban J connectivity index is 1.28. The van der Waals surface area contributed by atoms with Crippen molar-refractivity contribution < 1.29 is 14.3 Å². The molecular formula is C27H34O3. The van der Waals surface area contributed by atoms with E-state index in [0.717, 1.165) is 23.7 Å². The Morgan fingerprint density at radius 2 is 1.37 bits per heavy atom. The third kappa shape index (κ3) is 5.19. The van der Waals surface area contributed by atoms with E-state index in [2.05, 4.69) is 31.2 Å². The van der Waals surface area contributed by atoms with Gasteiger partial charge in [-0.1, -0.05) is 74.7 Å². The van der Waals surface area contributed by atoms with E-state index in [1.165, 1.54) is 56.1 Å². The number of carbonyl (C=O) groups is 1. The molecule has 1 saturated carbocycles. The molecule has 0 bridgehead atoms. The molecular weight excluding hydrogens is 372 g/mol. The van der Waals surface area contributed by atoms with Gasteiger partial charge in [0.15, 0.2) is 6.29 Å². The second-order valence-electron chi connectivity index (χ2n) is 9.01. The van der Waals surface area contributed by atoms with Crippen molar-refractivity contribution in [2.45, 2.75) is 70.0 Å². The first kappa shape index (κ1) is 21.3. The fourth-order valence-corrected chi connectivity index (χ4v) is 4.94. The first-order valence-corrected chi connectivity index (χ1v) is 11.6. The SMILES string of the molecule is CCCCC1CCC(c2ccc(C3COC(c4ccc(C=O)cc4)OC3)cc2)CC1. The molecule has 0 atom stereocenters. The number of ether oxygens (including phenoxy) is 2. The Morgan fingerprint density at radius 3 is 1.93 bits per heavy atom. The summed E-state index contributed by atoms with van der Waals surface area (Å²) in [5, 5.41) is 0. The van der Waals surface area contributed by atoms with Crippen molar-refractivity contribution in [3.05, 3.63) is 70.8 Å². The van der Waals surface area contributed by atoms with Gasteiger partial charge in [0.2, 0.25) is 0 Å². The Kier molecular flexibility index (Phi) is 7.35. The van der Waals surface area contributed by atoms with Crippen molar-refractivity contribution in [2.75, 3.05) is 13.2 Å². The van der Waals surface area contributed by atoms with Crippen LogP contribution in [0.2, 0.25) is 0 Å². The molecule has 1 aliphatic carbocycles. The number of hydrogen-bond donors (Lipinski definition) is 0. The van der Waals surface area contributed by atoms with Gasteiger partial charge in [-0.05, 0) is 48.6 Å². The first-order chi connectivity index (χ1) is 14.8. The second kappa shape index (κ2) is 10.4. The third-order valence-corrected chi connectivity index (χ3v) is 6.93. The van der Waals surface area contributed by atoms with Gasteiger partial charge in [0.05, 0.1) is 13.2 Å². The monoisotopic (exact) mass is 406 g/mol. The highest BCUT2D eigenvalue weighted by Gasteiger charge is 2.26. The molecule has 3 nitrogen and oxygen atoms in total. The molecule has 2 fully saturated rings. The summed E-state index contributed by atoms with van der Waals surface area (Å²) >= 11 is 0. The molecule has 4 rings (SSSR count). The molecule has 160 valence electrons. The summed E-state index contributed by atoms with van der Waals surface area (Å²) in [5.41, 5.74) is 4.43. The quantitative estimate of drug-likeness (QED) is 0.475. The number of carbonyl (C=O) groups excluding carboxylic acids is 1. The Bertz CT molecular complexity index is 780. The molecule has 1 heterocycles. The van der Waals surface area contributed by atoms with Gasteiger partial charge in [0, 0.05) is 17.0 Å². The average molecular weight is 407 g/mol. The van der Waals surface area contributed by atoms with Gasteiger partial charge in [0.1, 0.15) is 6.29 Å². The zero-order chi connectivity index (χ0) is 20.8. The van der Waals surface area contributed by atoms with E-state index < -0.39 is 0 Å². The lowest BCUT2D eigenvalue weighted by Crippen LogP contribution is -2.25. The summed E-state index contributed by atoms with van der Waals surface area (Å²) in [6.07, 6.45) is 10.1. The van der Waals surface area contributed by atoms with Gasteiger partial charge in [-0.2, -0.15) is 0 Å². The summed E-state index contributed by atoms with van der Waals surface area (Å²) in [6.45, 7) is 3.60. The van der Waals surface area contributed by atoms with E-state index in [1.807, 2.05) is 12.1 Å². The highest BCUT2D eigenvalue weighted by Crippen LogP contribution is 2.38. The summed E-state index contributed by atoms with van der Waals surface area (Å²) in [5.74, 6) is 1.96. The molecule has 3 heteroatoms. The summed E-state index contributed by atoms with van der Waals surface area (Å²) in [4.78, 5) is 10.8. The van der Waals surface area contributed by atoms with Crippen LogP contribution in [0.15, 0.2) is 48.5 Å². The molecule has 0 N–H and O–H groups in total. The van der Waals surface area contributed by atoms with Crippen molar-refractivity contribution in [1.82, 2.24) is 0 Å². The number of hydrogen-bond acceptors (Lipinski definition) is 3. The van der Waals surface area contributed by atoms with Gasteiger partial charge in [-0.3, -0.25) is 4.79 Å². The van der Waals surface area contributed by atoms with Gasteiger partial charge >= 0.3 is 0 Å².